The van der Waals surface area contributed by atoms with Crippen LogP contribution in [0.25, 0.3) is 0 Å². The molecule has 1 N–H and O–H groups in total. The number of hydrogen-bond acceptors (Lipinski definition) is 4. The lowest BCUT2D eigenvalue weighted by Gasteiger charge is -2.30. The Bertz CT molecular complexity index is 589. The minimum Gasteiger partial charge on any atom is -0.354 e. The minimum atomic E-state index is -0.505. The van der Waals surface area contributed by atoms with Crippen LogP contribution in [-0.2, 0) is 14.3 Å². The van der Waals surface area contributed by atoms with E-state index >= 15 is 0 Å². The quantitative estimate of drug-likeness (QED) is 0.810. The number of rotatable bonds is 6. The molecule has 1 heterocycles. The van der Waals surface area contributed by atoms with Gasteiger partial charge in [-0.3, -0.25) is 4.79 Å². The second kappa shape index (κ2) is 8.12. The van der Waals surface area contributed by atoms with Crippen molar-refractivity contribution in [2.75, 3.05) is 38.0 Å². The van der Waals surface area contributed by atoms with Crippen molar-refractivity contribution < 1.29 is 19.1 Å². The lowest BCUT2D eigenvalue weighted by atomic mass is 10.2. The molecule has 1 aliphatic rings. The number of methoxy groups -OCH3 is 2. The van der Waals surface area contributed by atoms with Gasteiger partial charge in [-0.05, 0) is 31.5 Å². The molecule has 0 aliphatic carbocycles. The van der Waals surface area contributed by atoms with Gasteiger partial charge < -0.3 is 24.6 Å². The minimum absolute atomic E-state index is 0.118. The number of ether oxygens (including phenoxy) is 2. The van der Waals surface area contributed by atoms with Crippen molar-refractivity contribution in [1.82, 2.24) is 4.90 Å². The number of carbonyl (C=O) groups excluding carboxylic acids is 2. The number of urea groups is 1. The number of hydrogen-bond donors (Lipinski definition) is 1. The highest BCUT2D eigenvalue weighted by atomic mass is 16.7. The van der Waals surface area contributed by atoms with Crippen molar-refractivity contribution >= 4 is 23.3 Å². The molecule has 7 heteroatoms. The molecule has 0 spiro atoms. The zero-order valence-corrected chi connectivity index (χ0v) is 14.6. The molecule has 1 fully saturated rings. The van der Waals surface area contributed by atoms with Gasteiger partial charge in [0.25, 0.3) is 0 Å². The number of anilines is 2. The van der Waals surface area contributed by atoms with Crippen LogP contribution in [0.4, 0.5) is 16.2 Å². The van der Waals surface area contributed by atoms with E-state index in [0.717, 1.165) is 18.7 Å². The summed E-state index contributed by atoms with van der Waals surface area (Å²) in [6.07, 6.45) is 0.937. The fourth-order valence-corrected chi connectivity index (χ4v) is 2.74. The van der Waals surface area contributed by atoms with E-state index in [9.17, 15) is 9.59 Å². The predicted octanol–water partition coefficient (Wildman–Crippen LogP) is 2.28. The second-order valence-corrected chi connectivity index (χ2v) is 5.82. The average molecular weight is 335 g/mol. The lowest BCUT2D eigenvalue weighted by molar-refractivity contribution is -0.132. The van der Waals surface area contributed by atoms with Gasteiger partial charge in [0.05, 0.1) is 6.04 Å². The number of nitrogens with zero attached hydrogens (tertiary/aromatic N) is 2. The Hall–Kier alpha value is -2.12. The van der Waals surface area contributed by atoms with E-state index in [2.05, 4.69) is 5.32 Å². The number of nitrogens with one attached hydrogen (secondary N) is 1. The maximum absolute atomic E-state index is 12.4. The summed E-state index contributed by atoms with van der Waals surface area (Å²) in [7, 11) is 4.75. The van der Waals surface area contributed by atoms with E-state index in [1.54, 1.807) is 18.0 Å². The van der Waals surface area contributed by atoms with Crippen LogP contribution < -0.4 is 10.2 Å². The van der Waals surface area contributed by atoms with Gasteiger partial charge in [-0.15, -0.1) is 0 Å². The van der Waals surface area contributed by atoms with Crippen LogP contribution >= 0.6 is 0 Å². The molecule has 1 aliphatic heterocycles. The Morgan fingerprint density at radius 3 is 2.62 bits per heavy atom. The lowest BCUT2D eigenvalue weighted by Crippen LogP contribution is -2.46. The van der Waals surface area contributed by atoms with E-state index in [0.29, 0.717) is 12.1 Å². The van der Waals surface area contributed by atoms with E-state index < -0.39 is 6.29 Å². The van der Waals surface area contributed by atoms with Gasteiger partial charge in [0.15, 0.2) is 6.29 Å². The third kappa shape index (κ3) is 4.04. The first-order chi connectivity index (χ1) is 11.5. The van der Waals surface area contributed by atoms with Crippen molar-refractivity contribution in [3.63, 3.8) is 0 Å². The molecule has 7 nitrogen and oxygen atoms in total. The molecule has 1 unspecified atom stereocenters. The van der Waals surface area contributed by atoms with Gasteiger partial charge in [-0.25, -0.2) is 4.79 Å². The van der Waals surface area contributed by atoms with Crippen molar-refractivity contribution in [3.05, 3.63) is 24.3 Å². The summed E-state index contributed by atoms with van der Waals surface area (Å²) in [5.41, 5.74) is 1.44. The van der Waals surface area contributed by atoms with Crippen LogP contribution in [0.3, 0.4) is 0 Å². The topological polar surface area (TPSA) is 71.1 Å². The Labute approximate surface area is 142 Å². The Morgan fingerprint density at radius 1 is 1.33 bits per heavy atom. The van der Waals surface area contributed by atoms with E-state index in [1.165, 1.54) is 19.1 Å². The fourth-order valence-electron chi connectivity index (χ4n) is 2.74. The summed E-state index contributed by atoms with van der Waals surface area (Å²) >= 11 is 0. The van der Waals surface area contributed by atoms with Gasteiger partial charge in [0, 0.05) is 45.6 Å². The van der Waals surface area contributed by atoms with Crippen molar-refractivity contribution in [3.8, 4) is 0 Å². The normalized spacial score (nSPS) is 15.7. The first kappa shape index (κ1) is 18.2. The van der Waals surface area contributed by atoms with Gasteiger partial charge in [0.1, 0.15) is 0 Å². The number of carbonyl (C=O) groups is 2. The molecule has 1 aromatic carbocycles. The standard InChI is InChI=1S/C17H25N3O4/c1-12(16(23-3)24-4)19(2)17(22)18-13-7-5-8-14(11-13)20-10-6-9-15(20)21/h5,7-8,11-12,16H,6,9-10H2,1-4H3,(H,18,22). The highest BCUT2D eigenvalue weighted by Crippen LogP contribution is 2.24. The highest BCUT2D eigenvalue weighted by molar-refractivity contribution is 5.96. The first-order valence-electron chi connectivity index (χ1n) is 7.97. The molecule has 0 aromatic heterocycles. The zero-order valence-electron chi connectivity index (χ0n) is 14.6. The van der Waals surface area contributed by atoms with Crippen LogP contribution in [0, 0.1) is 0 Å². The smallest absolute Gasteiger partial charge is 0.322 e. The molecule has 24 heavy (non-hydrogen) atoms. The van der Waals surface area contributed by atoms with Crippen LogP contribution in [0.1, 0.15) is 19.8 Å². The third-order valence-corrected chi connectivity index (χ3v) is 4.27. The van der Waals surface area contributed by atoms with Crippen LogP contribution in [0.2, 0.25) is 0 Å². The third-order valence-electron chi connectivity index (χ3n) is 4.27. The van der Waals surface area contributed by atoms with Gasteiger partial charge >= 0.3 is 6.03 Å². The van der Waals surface area contributed by atoms with Gasteiger partial charge in [-0.2, -0.15) is 0 Å². The van der Waals surface area contributed by atoms with E-state index in [4.69, 9.17) is 9.47 Å². The summed E-state index contributed by atoms with van der Waals surface area (Å²) in [6, 6.07) is 6.77. The summed E-state index contributed by atoms with van der Waals surface area (Å²) in [4.78, 5) is 27.5. The number of benzene rings is 1. The molecular formula is C17H25N3O4. The maximum Gasteiger partial charge on any atom is 0.322 e. The van der Waals surface area contributed by atoms with Gasteiger partial charge in [-0.1, -0.05) is 6.07 Å². The molecule has 1 saturated heterocycles. The molecule has 1 atom stereocenters. The number of likely N-dealkylation sites (N-methyl/N-ethyl adjacent to an activating group) is 1. The molecule has 1 aromatic rings. The molecule has 0 saturated carbocycles. The summed E-state index contributed by atoms with van der Waals surface area (Å²) in [5, 5.41) is 2.84. The van der Waals surface area contributed by atoms with E-state index in [1.807, 2.05) is 25.1 Å². The monoisotopic (exact) mass is 335 g/mol. The van der Waals surface area contributed by atoms with Gasteiger partial charge in [0.2, 0.25) is 5.91 Å². The fraction of sp³-hybridized carbons (Fsp3) is 0.529. The van der Waals surface area contributed by atoms with E-state index in [-0.39, 0.29) is 18.0 Å². The Balaban J connectivity index is 2.05. The predicted molar refractivity (Wildman–Crippen MR) is 92.1 cm³/mol. The van der Waals surface area contributed by atoms with Crippen molar-refractivity contribution in [2.45, 2.75) is 32.1 Å². The summed E-state index contributed by atoms with van der Waals surface area (Å²) in [5.74, 6) is 0.118. The molecular weight excluding hydrogens is 310 g/mol. The van der Waals surface area contributed by atoms with Crippen LogP contribution in [0.15, 0.2) is 24.3 Å². The molecule has 0 radical (unpaired) electrons. The molecule has 0 bridgehead atoms. The largest absolute Gasteiger partial charge is 0.354 e. The average Bonchev–Trinajstić information content (AvgIpc) is 3.01. The van der Waals surface area contributed by atoms with Crippen molar-refractivity contribution in [1.29, 1.82) is 0 Å². The Kier molecular flexibility index (Phi) is 6.16. The first-order valence-corrected chi connectivity index (χ1v) is 7.97. The highest BCUT2D eigenvalue weighted by Gasteiger charge is 2.25. The summed E-state index contributed by atoms with van der Waals surface area (Å²) < 4.78 is 10.4. The zero-order chi connectivity index (χ0) is 17.7. The second-order valence-electron chi connectivity index (χ2n) is 5.82. The van der Waals surface area contributed by atoms with Crippen LogP contribution in [-0.4, -0.2) is 57.0 Å². The molecule has 2 rings (SSSR count). The maximum atomic E-state index is 12.4. The Morgan fingerprint density at radius 2 is 2.04 bits per heavy atom. The van der Waals surface area contributed by atoms with Crippen molar-refractivity contribution in [2.24, 2.45) is 0 Å². The molecule has 3 amide bonds. The van der Waals surface area contributed by atoms with Crippen LogP contribution in [0.5, 0.6) is 0 Å². The summed E-state index contributed by atoms with van der Waals surface area (Å²) in [6.45, 7) is 2.56. The number of amides is 3. The SMILES string of the molecule is COC(OC)C(C)N(C)C(=O)Nc1cccc(N2CCCC2=O)c1. The molecule has 132 valence electrons.